The van der Waals surface area contributed by atoms with Gasteiger partial charge in [0.05, 0.1) is 6.54 Å². The molecule has 0 saturated carbocycles. The highest BCUT2D eigenvalue weighted by Crippen LogP contribution is 2.35. The first-order valence-corrected chi connectivity index (χ1v) is 13.1. The molecular formula is C31H27N5OS. The fourth-order valence-electron chi connectivity index (χ4n) is 4.98. The Labute approximate surface area is 226 Å². The van der Waals surface area contributed by atoms with E-state index in [2.05, 4.69) is 83.2 Å². The highest BCUT2D eigenvalue weighted by molar-refractivity contribution is 7.71. The van der Waals surface area contributed by atoms with Crippen molar-refractivity contribution in [3.8, 4) is 33.7 Å². The van der Waals surface area contributed by atoms with E-state index in [0.717, 1.165) is 62.5 Å². The van der Waals surface area contributed by atoms with Gasteiger partial charge >= 0.3 is 0 Å². The lowest BCUT2D eigenvalue weighted by atomic mass is 9.94. The van der Waals surface area contributed by atoms with Crippen molar-refractivity contribution in [2.24, 2.45) is 0 Å². The summed E-state index contributed by atoms with van der Waals surface area (Å²) in [4.78, 5) is 9.97. The Morgan fingerprint density at radius 2 is 1.61 bits per heavy atom. The Bertz CT molecular complexity index is 1810. The average Bonchev–Trinajstić information content (AvgIpc) is 3.53. The van der Waals surface area contributed by atoms with Crippen molar-refractivity contribution in [3.63, 3.8) is 0 Å². The van der Waals surface area contributed by atoms with Gasteiger partial charge in [-0.2, -0.15) is 0 Å². The van der Waals surface area contributed by atoms with Gasteiger partial charge in [0, 0.05) is 17.7 Å². The molecule has 38 heavy (non-hydrogen) atoms. The van der Waals surface area contributed by atoms with Gasteiger partial charge in [-0.25, -0.2) is 15.1 Å². The second kappa shape index (κ2) is 9.84. The quantitative estimate of drug-likeness (QED) is 0.229. The number of rotatable bonds is 6. The molecule has 3 heterocycles. The average molecular weight is 518 g/mol. The Kier molecular flexibility index (Phi) is 6.21. The Morgan fingerprint density at radius 1 is 0.842 bits per heavy atom. The summed E-state index contributed by atoms with van der Waals surface area (Å²) in [5.74, 6) is 1.52. The second-order valence-corrected chi connectivity index (χ2v) is 9.83. The number of aryl methyl sites for hydroxylation is 3. The Hall–Kier alpha value is -4.36. The number of benzene rings is 3. The molecule has 7 heteroatoms. The van der Waals surface area contributed by atoms with Crippen LogP contribution in [0.1, 0.15) is 29.6 Å². The minimum Gasteiger partial charge on any atom is -0.409 e. The lowest BCUT2D eigenvalue weighted by molar-refractivity contribution is 0.552. The van der Waals surface area contributed by atoms with Crippen molar-refractivity contribution in [3.05, 3.63) is 106 Å². The molecule has 0 bridgehead atoms. The topological polar surface area (TPSA) is 72.5 Å². The van der Waals surface area contributed by atoms with Crippen molar-refractivity contribution in [1.82, 2.24) is 24.7 Å². The first-order valence-electron chi connectivity index (χ1n) is 12.7. The maximum atomic E-state index is 5.69. The highest BCUT2D eigenvalue weighted by atomic mass is 32.1. The predicted molar refractivity (Wildman–Crippen MR) is 153 cm³/mol. The van der Waals surface area contributed by atoms with Crippen molar-refractivity contribution in [1.29, 1.82) is 0 Å². The van der Waals surface area contributed by atoms with Crippen LogP contribution in [0.4, 0.5) is 0 Å². The maximum Gasteiger partial charge on any atom is 0.284 e. The molecule has 1 N–H and O–H groups in total. The third-order valence-electron chi connectivity index (χ3n) is 6.82. The van der Waals surface area contributed by atoms with E-state index in [4.69, 9.17) is 26.6 Å². The summed E-state index contributed by atoms with van der Waals surface area (Å²) in [5.41, 5.74) is 10.5. The number of hydrogen-bond donors (Lipinski definition) is 1. The van der Waals surface area contributed by atoms with E-state index in [1.807, 2.05) is 31.2 Å². The van der Waals surface area contributed by atoms with Crippen LogP contribution in [0, 0.1) is 18.7 Å². The second-order valence-electron chi connectivity index (χ2n) is 9.46. The number of hydrogen-bond acceptors (Lipinski definition) is 5. The molecule has 0 spiro atoms. The zero-order valence-corrected chi connectivity index (χ0v) is 22.3. The summed E-state index contributed by atoms with van der Waals surface area (Å²) in [7, 11) is 0. The van der Waals surface area contributed by atoms with Gasteiger partial charge < -0.3 is 8.98 Å². The van der Waals surface area contributed by atoms with Gasteiger partial charge in [0.15, 0.2) is 5.65 Å². The van der Waals surface area contributed by atoms with Crippen molar-refractivity contribution in [2.45, 2.75) is 33.7 Å². The zero-order valence-electron chi connectivity index (χ0n) is 21.5. The van der Waals surface area contributed by atoms with E-state index < -0.39 is 0 Å². The molecule has 0 amide bonds. The molecule has 0 aliphatic heterocycles. The normalized spacial score (nSPS) is 11.3. The standard InChI is InChI=1S/C31H27N5OS/c1-4-27-33-28-19(2)16-20(3)32-29(28)36(27)18-21-10-12-23(13-11-21)26-17-24(22-8-6-5-7-9-22)14-15-25(26)30-34-35-31(38)37-30/h5-17H,4,18H2,1-3H3,(H,35,38). The molecule has 6 nitrogen and oxygen atoms in total. The summed E-state index contributed by atoms with van der Waals surface area (Å²) in [6.45, 7) is 6.98. The van der Waals surface area contributed by atoms with Crippen molar-refractivity contribution >= 4 is 23.4 Å². The monoisotopic (exact) mass is 517 g/mol. The van der Waals surface area contributed by atoms with E-state index in [9.17, 15) is 0 Å². The van der Waals surface area contributed by atoms with Crippen LogP contribution in [-0.4, -0.2) is 24.7 Å². The molecule has 0 aliphatic rings. The third-order valence-corrected chi connectivity index (χ3v) is 6.99. The lowest BCUT2D eigenvalue weighted by Gasteiger charge is -2.12. The summed E-state index contributed by atoms with van der Waals surface area (Å²) in [5, 5.41) is 7.03. The molecule has 6 rings (SSSR count). The molecule has 0 atom stereocenters. The number of aromatic amines is 1. The van der Waals surface area contributed by atoms with Crippen LogP contribution in [0.5, 0.6) is 0 Å². The van der Waals surface area contributed by atoms with Crippen LogP contribution < -0.4 is 0 Å². The molecular weight excluding hydrogens is 490 g/mol. The van der Waals surface area contributed by atoms with Crippen LogP contribution in [-0.2, 0) is 13.0 Å². The Morgan fingerprint density at radius 3 is 2.32 bits per heavy atom. The minimum atomic E-state index is 0.256. The molecule has 188 valence electrons. The predicted octanol–water partition coefficient (Wildman–Crippen LogP) is 7.71. The van der Waals surface area contributed by atoms with Gasteiger partial charge in [0.2, 0.25) is 5.89 Å². The SMILES string of the molecule is CCc1nc2c(C)cc(C)nc2n1Cc1ccc(-c2cc(-c3ccccc3)ccc2-c2n[nH]c(=S)o2)cc1. The van der Waals surface area contributed by atoms with E-state index in [1.165, 1.54) is 5.56 Å². The van der Waals surface area contributed by atoms with Crippen LogP contribution >= 0.6 is 12.2 Å². The number of nitrogens with one attached hydrogen (secondary N) is 1. The molecule has 0 aliphatic carbocycles. The molecule has 3 aromatic heterocycles. The number of pyridine rings is 1. The van der Waals surface area contributed by atoms with E-state index >= 15 is 0 Å². The molecule has 0 fully saturated rings. The number of H-pyrrole nitrogens is 1. The highest BCUT2D eigenvalue weighted by Gasteiger charge is 2.16. The smallest absolute Gasteiger partial charge is 0.284 e. The van der Waals surface area contributed by atoms with Gasteiger partial charge in [0.25, 0.3) is 4.84 Å². The van der Waals surface area contributed by atoms with Crippen LogP contribution in [0.2, 0.25) is 0 Å². The Balaban J connectivity index is 1.41. The first kappa shape index (κ1) is 24.0. The van der Waals surface area contributed by atoms with Crippen molar-refractivity contribution < 1.29 is 4.42 Å². The number of fused-ring (bicyclic) bond motifs is 1. The maximum absolute atomic E-state index is 5.69. The van der Waals surface area contributed by atoms with Crippen molar-refractivity contribution in [2.75, 3.05) is 0 Å². The van der Waals surface area contributed by atoms with E-state index in [0.29, 0.717) is 12.4 Å². The van der Waals surface area contributed by atoms with E-state index in [-0.39, 0.29) is 4.84 Å². The summed E-state index contributed by atoms with van der Waals surface area (Å²) in [6, 6.07) is 27.4. The minimum absolute atomic E-state index is 0.256. The molecule has 0 radical (unpaired) electrons. The molecule has 3 aromatic carbocycles. The van der Waals surface area contributed by atoms with Crippen LogP contribution in [0.3, 0.4) is 0 Å². The first-order chi connectivity index (χ1) is 18.5. The van der Waals surface area contributed by atoms with Crippen LogP contribution in [0.15, 0.2) is 83.3 Å². The third kappa shape index (κ3) is 4.46. The van der Waals surface area contributed by atoms with Gasteiger partial charge in [-0.15, -0.1) is 5.10 Å². The summed E-state index contributed by atoms with van der Waals surface area (Å²) >= 11 is 5.14. The summed E-state index contributed by atoms with van der Waals surface area (Å²) < 4.78 is 7.92. The van der Waals surface area contributed by atoms with Gasteiger partial charge in [-0.3, -0.25) is 0 Å². The van der Waals surface area contributed by atoms with Gasteiger partial charge in [-0.1, -0.05) is 67.6 Å². The molecule has 0 unspecified atom stereocenters. The fourth-order valence-corrected chi connectivity index (χ4v) is 5.11. The van der Waals surface area contributed by atoms with Gasteiger partial charge in [-0.05, 0) is 77.6 Å². The van der Waals surface area contributed by atoms with E-state index in [1.54, 1.807) is 0 Å². The lowest BCUT2D eigenvalue weighted by Crippen LogP contribution is -2.05. The molecule has 6 aromatic rings. The number of imidazole rings is 1. The number of nitrogens with zero attached hydrogens (tertiary/aromatic N) is 4. The fraction of sp³-hybridized carbons (Fsp3) is 0.161. The summed E-state index contributed by atoms with van der Waals surface area (Å²) in [6.07, 6.45) is 0.848. The molecule has 0 saturated heterocycles. The van der Waals surface area contributed by atoms with Crippen LogP contribution in [0.25, 0.3) is 44.9 Å². The number of aromatic nitrogens is 5. The van der Waals surface area contributed by atoms with Gasteiger partial charge in [0.1, 0.15) is 11.3 Å². The largest absolute Gasteiger partial charge is 0.409 e. The zero-order chi connectivity index (χ0) is 26.2.